The maximum Gasteiger partial charge on any atom is 0.314 e. The number of benzene rings is 1. The highest BCUT2D eigenvalue weighted by Crippen LogP contribution is 2.17. The summed E-state index contributed by atoms with van der Waals surface area (Å²) in [4.78, 5) is 10.4. The molecule has 0 aliphatic carbocycles. The van der Waals surface area contributed by atoms with Crippen LogP contribution < -0.4 is 10.1 Å². The average Bonchev–Trinajstić information content (AvgIpc) is 2.15. The fourth-order valence-corrected chi connectivity index (χ4v) is 1.06. The Morgan fingerprint density at radius 2 is 2.36 bits per heavy atom. The van der Waals surface area contributed by atoms with E-state index in [2.05, 4.69) is 5.32 Å². The van der Waals surface area contributed by atoms with E-state index in [0.717, 1.165) is 0 Å². The van der Waals surface area contributed by atoms with Crippen molar-refractivity contribution >= 4 is 17.0 Å². The van der Waals surface area contributed by atoms with Crippen molar-refractivity contribution in [1.29, 1.82) is 0 Å². The van der Waals surface area contributed by atoms with Crippen LogP contribution in [0.4, 0.5) is 9.18 Å². The quantitative estimate of drug-likeness (QED) is 0.623. The summed E-state index contributed by atoms with van der Waals surface area (Å²) in [5.41, 5.74) is 0.623. The van der Waals surface area contributed by atoms with Crippen LogP contribution >= 0.6 is 11.6 Å². The maximum atomic E-state index is 13.1. The van der Waals surface area contributed by atoms with Gasteiger partial charge in [0.25, 0.3) is 0 Å². The third kappa shape index (κ3) is 2.88. The molecule has 0 fully saturated rings. The van der Waals surface area contributed by atoms with Gasteiger partial charge in [0.1, 0.15) is 0 Å². The first kappa shape index (κ1) is 10.8. The van der Waals surface area contributed by atoms with Gasteiger partial charge < -0.3 is 10.1 Å². The van der Waals surface area contributed by atoms with Gasteiger partial charge in [0.2, 0.25) is 0 Å². The largest absolute Gasteiger partial charge is 0.494 e. The molecule has 76 valence electrons. The average molecular weight is 218 g/mol. The van der Waals surface area contributed by atoms with E-state index in [9.17, 15) is 9.18 Å². The van der Waals surface area contributed by atoms with E-state index < -0.39 is 11.2 Å². The van der Waals surface area contributed by atoms with Crippen LogP contribution in [0.25, 0.3) is 0 Å². The predicted molar refractivity (Wildman–Crippen MR) is 51.0 cm³/mol. The molecule has 0 atom stereocenters. The zero-order valence-electron chi connectivity index (χ0n) is 7.51. The van der Waals surface area contributed by atoms with E-state index in [1.165, 1.54) is 19.2 Å². The van der Waals surface area contributed by atoms with Crippen molar-refractivity contribution in [3.63, 3.8) is 0 Å². The molecular weight excluding hydrogens is 209 g/mol. The van der Waals surface area contributed by atoms with Crippen molar-refractivity contribution in [1.82, 2.24) is 5.32 Å². The standard InChI is InChI=1S/C9H9ClFNO2/c1-14-8-3-2-6(4-7(8)11)5-12-9(10)13/h2-4H,5H2,1H3,(H,12,13). The number of ether oxygens (including phenoxy) is 1. The Balaban J connectivity index is 2.71. The Morgan fingerprint density at radius 3 is 2.86 bits per heavy atom. The number of hydrogen-bond acceptors (Lipinski definition) is 2. The Morgan fingerprint density at radius 1 is 1.64 bits per heavy atom. The van der Waals surface area contributed by atoms with E-state index in [4.69, 9.17) is 16.3 Å². The Labute approximate surface area is 85.8 Å². The van der Waals surface area contributed by atoms with Crippen LogP contribution in [0.1, 0.15) is 5.56 Å². The van der Waals surface area contributed by atoms with E-state index >= 15 is 0 Å². The second-order valence-electron chi connectivity index (χ2n) is 2.60. The molecule has 0 aliphatic rings. The summed E-state index contributed by atoms with van der Waals surface area (Å²) in [6.45, 7) is 0.198. The molecule has 14 heavy (non-hydrogen) atoms. The van der Waals surface area contributed by atoms with Crippen LogP contribution in [0.3, 0.4) is 0 Å². The third-order valence-corrected chi connectivity index (χ3v) is 1.78. The molecule has 3 nitrogen and oxygen atoms in total. The number of hydrogen-bond donors (Lipinski definition) is 1. The van der Waals surface area contributed by atoms with Crippen molar-refractivity contribution in [2.45, 2.75) is 6.54 Å². The summed E-state index contributed by atoms with van der Waals surface area (Å²) in [6.07, 6.45) is 0. The SMILES string of the molecule is COc1ccc(CNC(=O)Cl)cc1F. The highest BCUT2D eigenvalue weighted by molar-refractivity contribution is 6.62. The van der Waals surface area contributed by atoms with Crippen LogP contribution in [-0.4, -0.2) is 12.5 Å². The lowest BCUT2D eigenvalue weighted by atomic mass is 10.2. The summed E-state index contributed by atoms with van der Waals surface area (Å²) >= 11 is 5.06. The topological polar surface area (TPSA) is 38.3 Å². The zero-order chi connectivity index (χ0) is 10.6. The first-order chi connectivity index (χ1) is 6.63. The lowest BCUT2D eigenvalue weighted by molar-refractivity contribution is 0.259. The van der Waals surface area contributed by atoms with E-state index in [-0.39, 0.29) is 12.3 Å². The molecule has 0 unspecified atom stereocenters. The van der Waals surface area contributed by atoms with Gasteiger partial charge in [0.15, 0.2) is 11.6 Å². The number of carbonyl (C=O) groups excluding carboxylic acids is 1. The van der Waals surface area contributed by atoms with E-state index in [1.807, 2.05) is 0 Å². The lowest BCUT2D eigenvalue weighted by Gasteiger charge is -2.04. The first-order valence-electron chi connectivity index (χ1n) is 3.89. The fourth-order valence-electron chi connectivity index (χ4n) is 0.991. The highest BCUT2D eigenvalue weighted by atomic mass is 35.5. The smallest absolute Gasteiger partial charge is 0.314 e. The summed E-state index contributed by atoms with van der Waals surface area (Å²) in [7, 11) is 1.39. The fraction of sp³-hybridized carbons (Fsp3) is 0.222. The molecule has 0 radical (unpaired) electrons. The normalized spacial score (nSPS) is 9.64. The first-order valence-corrected chi connectivity index (χ1v) is 4.27. The van der Waals surface area contributed by atoms with Gasteiger partial charge in [-0.05, 0) is 29.3 Å². The molecule has 0 aliphatic heterocycles. The Bertz CT molecular complexity index is 344. The lowest BCUT2D eigenvalue weighted by Crippen LogP contribution is -2.15. The molecule has 0 bridgehead atoms. The van der Waals surface area contributed by atoms with Gasteiger partial charge in [-0.15, -0.1) is 0 Å². The van der Waals surface area contributed by atoms with Crippen molar-refractivity contribution in [3.05, 3.63) is 29.6 Å². The molecule has 0 saturated carbocycles. The minimum absolute atomic E-state index is 0.172. The number of halogens is 2. The second-order valence-corrected chi connectivity index (χ2v) is 2.94. The second kappa shape index (κ2) is 4.81. The number of rotatable bonds is 3. The predicted octanol–water partition coefficient (Wildman–Crippen LogP) is 2.28. The highest BCUT2D eigenvalue weighted by Gasteiger charge is 2.03. The van der Waals surface area contributed by atoms with Gasteiger partial charge in [-0.2, -0.15) is 0 Å². The number of carbonyl (C=O) groups is 1. The van der Waals surface area contributed by atoms with Crippen LogP contribution in [0, 0.1) is 5.82 Å². The van der Waals surface area contributed by atoms with Gasteiger partial charge in [-0.25, -0.2) is 4.39 Å². The van der Waals surface area contributed by atoms with Crippen LogP contribution in [0.15, 0.2) is 18.2 Å². The molecule has 5 heteroatoms. The van der Waals surface area contributed by atoms with Crippen molar-refractivity contribution in [3.8, 4) is 5.75 Å². The van der Waals surface area contributed by atoms with Crippen molar-refractivity contribution in [2.75, 3.05) is 7.11 Å². The summed E-state index contributed by atoms with van der Waals surface area (Å²) in [5, 5.41) is 1.68. The summed E-state index contributed by atoms with van der Waals surface area (Å²) in [6, 6.07) is 4.42. The number of nitrogens with one attached hydrogen (secondary N) is 1. The molecule has 1 amide bonds. The van der Waals surface area contributed by atoms with Crippen molar-refractivity contribution in [2.24, 2.45) is 0 Å². The summed E-state index contributed by atoms with van der Waals surface area (Å²) in [5.74, 6) is -0.292. The third-order valence-electron chi connectivity index (χ3n) is 1.65. The number of amides is 1. The van der Waals surface area contributed by atoms with Crippen LogP contribution in [0.5, 0.6) is 5.75 Å². The van der Waals surface area contributed by atoms with E-state index in [1.54, 1.807) is 6.07 Å². The minimum Gasteiger partial charge on any atom is -0.494 e. The molecule has 1 rings (SSSR count). The molecule has 0 spiro atoms. The zero-order valence-corrected chi connectivity index (χ0v) is 8.27. The minimum atomic E-state index is -0.666. The molecule has 0 aromatic heterocycles. The van der Waals surface area contributed by atoms with Gasteiger partial charge in [0.05, 0.1) is 7.11 Å². The van der Waals surface area contributed by atoms with Gasteiger partial charge >= 0.3 is 5.37 Å². The van der Waals surface area contributed by atoms with Gasteiger partial charge in [0, 0.05) is 6.54 Å². The van der Waals surface area contributed by atoms with Crippen LogP contribution in [0.2, 0.25) is 0 Å². The van der Waals surface area contributed by atoms with Gasteiger partial charge in [-0.1, -0.05) is 6.07 Å². The monoisotopic (exact) mass is 217 g/mol. The molecule has 0 saturated heterocycles. The Hall–Kier alpha value is -1.29. The van der Waals surface area contributed by atoms with Crippen LogP contribution in [-0.2, 0) is 6.54 Å². The van der Waals surface area contributed by atoms with E-state index in [0.29, 0.717) is 5.56 Å². The molecule has 0 heterocycles. The maximum absolute atomic E-state index is 13.1. The van der Waals surface area contributed by atoms with Crippen molar-refractivity contribution < 1.29 is 13.9 Å². The molecule has 1 aromatic carbocycles. The molecule has 1 aromatic rings. The van der Waals surface area contributed by atoms with Gasteiger partial charge in [-0.3, -0.25) is 4.79 Å². The molecular formula is C9H9ClFNO2. The Kier molecular flexibility index (Phi) is 3.71. The number of methoxy groups -OCH3 is 1. The summed E-state index contributed by atoms with van der Waals surface area (Å²) < 4.78 is 17.8. The molecule has 1 N–H and O–H groups in total.